The number of hydrogen-bond acceptors (Lipinski definition) is 7. The molecule has 9 heteroatoms. The average molecular weight is 321 g/mol. The lowest BCUT2D eigenvalue weighted by atomic mass is 10.2. The fourth-order valence-corrected chi connectivity index (χ4v) is 2.16. The zero-order chi connectivity index (χ0) is 17.1. The van der Waals surface area contributed by atoms with Crippen LogP contribution in [-0.2, 0) is 11.3 Å². The van der Waals surface area contributed by atoms with Crippen LogP contribution in [0.1, 0.15) is 24.2 Å². The molecule has 0 N–H and O–H groups in total. The van der Waals surface area contributed by atoms with E-state index in [1.165, 1.54) is 17.9 Å². The topological polar surface area (TPSA) is 114 Å². The first-order valence-electron chi connectivity index (χ1n) is 6.88. The number of carbonyl (C=O) groups excluding carboxylic acids is 1. The van der Waals surface area contributed by atoms with E-state index in [2.05, 4.69) is 4.98 Å². The Kier molecular flexibility index (Phi) is 4.58. The van der Waals surface area contributed by atoms with Gasteiger partial charge in [0.2, 0.25) is 5.43 Å². The standard InChI is InChI=1S/C14H15N3O6/c1-4-16-7-9(14(19)23-5-2)11(18)8-6-10(17(20)21)13(22-3)15-12(8)16/h6-7H,4-5H2,1-3H3. The molecule has 0 spiro atoms. The number of esters is 1. The van der Waals surface area contributed by atoms with Gasteiger partial charge in [0.25, 0.3) is 5.88 Å². The third kappa shape index (κ3) is 2.85. The molecule has 0 atom stereocenters. The molecule has 0 aromatic carbocycles. The Bertz CT molecular complexity index is 843. The van der Waals surface area contributed by atoms with Crippen LogP contribution < -0.4 is 10.2 Å². The van der Waals surface area contributed by atoms with Crippen molar-refractivity contribution in [1.82, 2.24) is 9.55 Å². The zero-order valence-electron chi connectivity index (χ0n) is 12.9. The lowest BCUT2D eigenvalue weighted by Gasteiger charge is -2.11. The lowest BCUT2D eigenvalue weighted by molar-refractivity contribution is -0.386. The summed E-state index contributed by atoms with van der Waals surface area (Å²) in [5, 5.41) is 11.1. The summed E-state index contributed by atoms with van der Waals surface area (Å²) in [7, 11) is 1.25. The van der Waals surface area contributed by atoms with E-state index >= 15 is 0 Å². The molecule has 2 heterocycles. The first kappa shape index (κ1) is 16.4. The number of rotatable bonds is 5. The fraction of sp³-hybridized carbons (Fsp3) is 0.357. The summed E-state index contributed by atoms with van der Waals surface area (Å²) in [5.74, 6) is -0.979. The van der Waals surface area contributed by atoms with Gasteiger partial charge < -0.3 is 14.0 Å². The number of ether oxygens (including phenoxy) is 2. The van der Waals surface area contributed by atoms with E-state index in [9.17, 15) is 19.7 Å². The van der Waals surface area contributed by atoms with Crippen molar-refractivity contribution in [2.45, 2.75) is 20.4 Å². The van der Waals surface area contributed by atoms with Crippen LogP contribution in [0.5, 0.6) is 5.88 Å². The van der Waals surface area contributed by atoms with Gasteiger partial charge in [-0.1, -0.05) is 0 Å². The molecule has 0 amide bonds. The molecule has 0 unspecified atom stereocenters. The van der Waals surface area contributed by atoms with Gasteiger partial charge in [-0.15, -0.1) is 0 Å². The number of aromatic nitrogens is 2. The molecule has 9 nitrogen and oxygen atoms in total. The number of hydrogen-bond donors (Lipinski definition) is 0. The Morgan fingerprint density at radius 1 is 1.43 bits per heavy atom. The van der Waals surface area contributed by atoms with Gasteiger partial charge >= 0.3 is 11.7 Å². The molecular formula is C14H15N3O6. The molecule has 23 heavy (non-hydrogen) atoms. The number of nitro groups is 1. The zero-order valence-corrected chi connectivity index (χ0v) is 12.9. The number of carbonyl (C=O) groups is 1. The lowest BCUT2D eigenvalue weighted by Crippen LogP contribution is -2.21. The number of pyridine rings is 2. The summed E-state index contributed by atoms with van der Waals surface area (Å²) in [4.78, 5) is 38.8. The maximum Gasteiger partial charge on any atom is 0.343 e. The van der Waals surface area contributed by atoms with Crippen LogP contribution in [0.15, 0.2) is 17.1 Å². The van der Waals surface area contributed by atoms with Gasteiger partial charge in [-0.25, -0.2) is 4.79 Å². The van der Waals surface area contributed by atoms with Crippen molar-refractivity contribution in [2.24, 2.45) is 0 Å². The van der Waals surface area contributed by atoms with E-state index in [-0.39, 0.29) is 29.1 Å². The van der Waals surface area contributed by atoms with Crippen molar-refractivity contribution in [2.75, 3.05) is 13.7 Å². The molecule has 0 radical (unpaired) electrons. The number of aryl methyl sites for hydroxylation is 1. The summed E-state index contributed by atoms with van der Waals surface area (Å²) in [6, 6.07) is 1.07. The van der Waals surface area contributed by atoms with Gasteiger partial charge in [0.05, 0.1) is 24.0 Å². The van der Waals surface area contributed by atoms with Crippen LogP contribution in [0.4, 0.5) is 5.69 Å². The van der Waals surface area contributed by atoms with Crippen molar-refractivity contribution >= 4 is 22.7 Å². The largest absolute Gasteiger partial charge is 0.476 e. The molecule has 0 saturated carbocycles. The monoisotopic (exact) mass is 321 g/mol. The third-order valence-corrected chi connectivity index (χ3v) is 3.22. The number of fused-ring (bicyclic) bond motifs is 1. The van der Waals surface area contributed by atoms with Crippen molar-refractivity contribution in [3.8, 4) is 5.88 Å². The predicted molar refractivity (Wildman–Crippen MR) is 80.8 cm³/mol. The average Bonchev–Trinajstić information content (AvgIpc) is 2.54. The molecule has 0 aliphatic heterocycles. The highest BCUT2D eigenvalue weighted by Gasteiger charge is 2.23. The van der Waals surface area contributed by atoms with Gasteiger partial charge in [-0.2, -0.15) is 4.98 Å². The normalized spacial score (nSPS) is 10.6. The summed E-state index contributed by atoms with van der Waals surface area (Å²) in [6.07, 6.45) is 1.33. The maximum atomic E-state index is 12.5. The van der Waals surface area contributed by atoms with E-state index < -0.39 is 22.0 Å². The summed E-state index contributed by atoms with van der Waals surface area (Å²) in [6.45, 7) is 3.92. The van der Waals surface area contributed by atoms with E-state index in [1.807, 2.05) is 0 Å². The highest BCUT2D eigenvalue weighted by molar-refractivity contribution is 5.93. The Morgan fingerprint density at radius 2 is 2.13 bits per heavy atom. The summed E-state index contributed by atoms with van der Waals surface area (Å²) >= 11 is 0. The minimum Gasteiger partial charge on any atom is -0.476 e. The van der Waals surface area contributed by atoms with E-state index in [1.54, 1.807) is 13.8 Å². The first-order chi connectivity index (χ1) is 10.9. The fourth-order valence-electron chi connectivity index (χ4n) is 2.16. The van der Waals surface area contributed by atoms with Gasteiger partial charge in [0.15, 0.2) is 0 Å². The molecule has 2 aromatic rings. The molecular weight excluding hydrogens is 306 g/mol. The first-order valence-corrected chi connectivity index (χ1v) is 6.88. The molecule has 2 rings (SSSR count). The molecule has 0 fully saturated rings. The predicted octanol–water partition coefficient (Wildman–Crippen LogP) is 1.51. The van der Waals surface area contributed by atoms with Crippen molar-refractivity contribution in [3.63, 3.8) is 0 Å². The highest BCUT2D eigenvalue weighted by atomic mass is 16.6. The van der Waals surface area contributed by atoms with Crippen LogP contribution in [0.2, 0.25) is 0 Å². The van der Waals surface area contributed by atoms with E-state index in [0.717, 1.165) is 6.07 Å². The van der Waals surface area contributed by atoms with E-state index in [0.29, 0.717) is 6.54 Å². The molecule has 0 saturated heterocycles. The van der Waals surface area contributed by atoms with Crippen LogP contribution in [-0.4, -0.2) is 34.2 Å². The molecule has 0 aliphatic rings. The van der Waals surface area contributed by atoms with Crippen molar-refractivity contribution in [1.29, 1.82) is 0 Å². The van der Waals surface area contributed by atoms with Crippen LogP contribution >= 0.6 is 0 Å². The Morgan fingerprint density at radius 3 is 2.65 bits per heavy atom. The van der Waals surface area contributed by atoms with Crippen LogP contribution in [0, 0.1) is 10.1 Å². The molecule has 0 aliphatic carbocycles. The number of methoxy groups -OCH3 is 1. The summed E-state index contributed by atoms with van der Waals surface area (Å²) in [5.41, 5.74) is -1.10. The maximum absolute atomic E-state index is 12.5. The second kappa shape index (κ2) is 6.42. The number of nitrogens with zero attached hydrogens (tertiary/aromatic N) is 3. The minimum absolute atomic E-state index is 0.0371. The van der Waals surface area contributed by atoms with Crippen molar-refractivity contribution in [3.05, 3.63) is 38.2 Å². The Labute approximate surface area is 130 Å². The van der Waals surface area contributed by atoms with Crippen LogP contribution in [0.3, 0.4) is 0 Å². The molecule has 0 bridgehead atoms. The van der Waals surface area contributed by atoms with Gasteiger partial charge in [-0.05, 0) is 13.8 Å². The smallest absolute Gasteiger partial charge is 0.343 e. The quantitative estimate of drug-likeness (QED) is 0.466. The minimum atomic E-state index is -0.778. The second-order valence-corrected chi connectivity index (χ2v) is 4.52. The Balaban J connectivity index is 2.87. The van der Waals surface area contributed by atoms with Crippen molar-refractivity contribution < 1.29 is 19.2 Å². The van der Waals surface area contributed by atoms with Crippen LogP contribution in [0.25, 0.3) is 11.0 Å². The third-order valence-electron chi connectivity index (χ3n) is 3.22. The molecule has 122 valence electrons. The summed E-state index contributed by atoms with van der Waals surface area (Å²) < 4.78 is 11.3. The Hall–Kier alpha value is -2.97. The van der Waals surface area contributed by atoms with Gasteiger partial charge in [-0.3, -0.25) is 14.9 Å². The highest BCUT2D eigenvalue weighted by Crippen LogP contribution is 2.27. The van der Waals surface area contributed by atoms with Gasteiger partial charge in [0.1, 0.15) is 11.2 Å². The molecule has 2 aromatic heterocycles. The SMILES string of the molecule is CCOC(=O)c1cn(CC)c2nc(OC)c([N+](=O)[O-])cc2c1=O. The second-order valence-electron chi connectivity index (χ2n) is 4.52. The van der Waals surface area contributed by atoms with Gasteiger partial charge in [0, 0.05) is 18.8 Å². The van der Waals surface area contributed by atoms with E-state index in [4.69, 9.17) is 9.47 Å².